The molecule has 0 unspecified atom stereocenters. The Labute approximate surface area is 112 Å². The van der Waals surface area contributed by atoms with Gasteiger partial charge in [0, 0.05) is 19.2 Å². The molecule has 0 aromatic heterocycles. The van der Waals surface area contributed by atoms with Crippen molar-refractivity contribution in [1.82, 2.24) is 5.32 Å². The molecule has 0 radical (unpaired) electrons. The molecule has 1 rings (SSSR count). The molecule has 96 valence electrons. The van der Waals surface area contributed by atoms with Crippen LogP contribution in [0.4, 0.5) is 0 Å². The zero-order valence-corrected chi connectivity index (χ0v) is 12.2. The monoisotopic (exact) mass is 301 g/mol. The fraction of sp³-hybridized carbons (Fsp3) is 0.538. The summed E-state index contributed by atoms with van der Waals surface area (Å²) in [5.41, 5.74) is 1.23. The van der Waals surface area contributed by atoms with E-state index in [1.165, 1.54) is 5.56 Å². The number of halogens is 1. The van der Waals surface area contributed by atoms with Crippen LogP contribution in [0.2, 0.25) is 0 Å². The van der Waals surface area contributed by atoms with Gasteiger partial charge in [-0.2, -0.15) is 0 Å². The summed E-state index contributed by atoms with van der Waals surface area (Å²) in [6, 6.07) is 6.57. The van der Waals surface area contributed by atoms with Gasteiger partial charge >= 0.3 is 0 Å². The molecule has 17 heavy (non-hydrogen) atoms. The Kier molecular flexibility index (Phi) is 6.55. The molecule has 0 bridgehead atoms. The molecule has 0 fully saturated rings. The molecular formula is C13H20BrNO2. The Morgan fingerprint density at radius 2 is 2.12 bits per heavy atom. The topological polar surface area (TPSA) is 30.5 Å². The molecule has 0 amide bonds. The summed E-state index contributed by atoms with van der Waals surface area (Å²) in [5, 5.41) is 3.37. The van der Waals surface area contributed by atoms with Crippen LogP contribution in [0.3, 0.4) is 0 Å². The molecule has 0 saturated carbocycles. The van der Waals surface area contributed by atoms with Gasteiger partial charge in [0.25, 0.3) is 0 Å². The van der Waals surface area contributed by atoms with Gasteiger partial charge in [-0.3, -0.25) is 0 Å². The van der Waals surface area contributed by atoms with Crippen LogP contribution >= 0.6 is 15.9 Å². The van der Waals surface area contributed by atoms with Crippen molar-refractivity contribution in [3.8, 4) is 5.75 Å². The average Bonchev–Trinajstić information content (AvgIpc) is 2.29. The second-order valence-corrected chi connectivity index (χ2v) is 4.91. The Balaban J connectivity index is 2.53. The molecule has 0 spiro atoms. The average molecular weight is 302 g/mol. The lowest BCUT2D eigenvalue weighted by atomic mass is 10.2. The number of nitrogens with one attached hydrogen (secondary N) is 1. The Morgan fingerprint density at radius 1 is 1.35 bits per heavy atom. The van der Waals surface area contributed by atoms with Crippen LogP contribution in [-0.4, -0.2) is 19.4 Å². The number of benzene rings is 1. The minimum Gasteiger partial charge on any atom is -0.466 e. The first kappa shape index (κ1) is 14.5. The normalized spacial score (nSPS) is 10.9. The quantitative estimate of drug-likeness (QED) is 0.619. The third-order valence-electron chi connectivity index (χ3n) is 2.21. The standard InChI is InChI=1S/C13H20BrNO2/c1-4-16-9-17-13-6-5-11(7-12(13)14)8-15-10(2)3/h5-7,10,15H,4,8-9H2,1-3H3. The third kappa shape index (κ3) is 5.52. The molecule has 1 aromatic rings. The highest BCUT2D eigenvalue weighted by atomic mass is 79.9. The van der Waals surface area contributed by atoms with Crippen molar-refractivity contribution in [1.29, 1.82) is 0 Å². The molecule has 0 saturated heterocycles. The SMILES string of the molecule is CCOCOc1ccc(CNC(C)C)cc1Br. The van der Waals surface area contributed by atoms with E-state index in [2.05, 4.69) is 47.2 Å². The van der Waals surface area contributed by atoms with Gasteiger partial charge in [0.2, 0.25) is 0 Å². The molecule has 3 nitrogen and oxygen atoms in total. The summed E-state index contributed by atoms with van der Waals surface area (Å²) in [7, 11) is 0. The van der Waals surface area contributed by atoms with E-state index in [-0.39, 0.29) is 0 Å². The van der Waals surface area contributed by atoms with E-state index in [1.54, 1.807) is 0 Å². The lowest BCUT2D eigenvalue weighted by molar-refractivity contribution is 0.0219. The van der Waals surface area contributed by atoms with Gasteiger partial charge < -0.3 is 14.8 Å². The first-order valence-electron chi connectivity index (χ1n) is 5.85. The molecular weight excluding hydrogens is 282 g/mol. The van der Waals surface area contributed by atoms with Crippen LogP contribution in [0.15, 0.2) is 22.7 Å². The zero-order chi connectivity index (χ0) is 12.7. The lowest BCUT2D eigenvalue weighted by Gasteiger charge is -2.11. The van der Waals surface area contributed by atoms with E-state index >= 15 is 0 Å². The largest absolute Gasteiger partial charge is 0.466 e. The Morgan fingerprint density at radius 3 is 2.71 bits per heavy atom. The molecule has 0 aliphatic heterocycles. The maximum atomic E-state index is 5.47. The molecule has 0 aliphatic rings. The Bertz CT molecular complexity index is 342. The summed E-state index contributed by atoms with van der Waals surface area (Å²) < 4.78 is 11.6. The van der Waals surface area contributed by atoms with Crippen molar-refractivity contribution in [2.45, 2.75) is 33.4 Å². The van der Waals surface area contributed by atoms with Gasteiger partial charge in [0.05, 0.1) is 4.47 Å². The van der Waals surface area contributed by atoms with E-state index < -0.39 is 0 Å². The van der Waals surface area contributed by atoms with Crippen LogP contribution in [-0.2, 0) is 11.3 Å². The maximum Gasteiger partial charge on any atom is 0.189 e. The zero-order valence-electron chi connectivity index (χ0n) is 10.6. The second-order valence-electron chi connectivity index (χ2n) is 4.06. The first-order chi connectivity index (χ1) is 8.13. The van der Waals surface area contributed by atoms with Gasteiger partial charge in [-0.1, -0.05) is 19.9 Å². The number of rotatable bonds is 7. The minimum atomic E-state index is 0.290. The molecule has 1 aromatic carbocycles. The predicted molar refractivity (Wildman–Crippen MR) is 73.2 cm³/mol. The highest BCUT2D eigenvalue weighted by molar-refractivity contribution is 9.10. The first-order valence-corrected chi connectivity index (χ1v) is 6.65. The summed E-state index contributed by atoms with van der Waals surface area (Å²) in [6.07, 6.45) is 0. The maximum absolute atomic E-state index is 5.47. The fourth-order valence-electron chi connectivity index (χ4n) is 1.28. The predicted octanol–water partition coefficient (Wildman–Crippen LogP) is 3.32. The lowest BCUT2D eigenvalue weighted by Crippen LogP contribution is -2.21. The van der Waals surface area contributed by atoms with Crippen molar-refractivity contribution < 1.29 is 9.47 Å². The third-order valence-corrected chi connectivity index (χ3v) is 2.83. The van der Waals surface area contributed by atoms with E-state index in [0.29, 0.717) is 19.4 Å². The van der Waals surface area contributed by atoms with Gasteiger partial charge in [-0.25, -0.2) is 0 Å². The second kappa shape index (κ2) is 7.69. The van der Waals surface area contributed by atoms with Gasteiger partial charge in [0.1, 0.15) is 5.75 Å². The molecule has 0 aliphatic carbocycles. The molecule has 4 heteroatoms. The molecule has 0 atom stereocenters. The van der Waals surface area contributed by atoms with Crippen LogP contribution in [0.1, 0.15) is 26.3 Å². The van der Waals surface area contributed by atoms with Crippen LogP contribution < -0.4 is 10.1 Å². The highest BCUT2D eigenvalue weighted by Gasteiger charge is 2.03. The van der Waals surface area contributed by atoms with Crippen molar-refractivity contribution >= 4 is 15.9 Å². The number of hydrogen-bond acceptors (Lipinski definition) is 3. The van der Waals surface area contributed by atoms with E-state index in [9.17, 15) is 0 Å². The van der Waals surface area contributed by atoms with Gasteiger partial charge in [0.15, 0.2) is 6.79 Å². The summed E-state index contributed by atoms with van der Waals surface area (Å²) in [4.78, 5) is 0. The fourth-order valence-corrected chi connectivity index (χ4v) is 1.82. The van der Waals surface area contributed by atoms with E-state index in [0.717, 1.165) is 16.8 Å². The summed E-state index contributed by atoms with van der Waals surface area (Å²) in [6.45, 7) is 8.02. The molecule has 0 heterocycles. The van der Waals surface area contributed by atoms with Crippen molar-refractivity contribution in [3.05, 3.63) is 28.2 Å². The number of hydrogen-bond donors (Lipinski definition) is 1. The van der Waals surface area contributed by atoms with Crippen LogP contribution in [0.5, 0.6) is 5.75 Å². The summed E-state index contributed by atoms with van der Waals surface area (Å²) in [5.74, 6) is 0.812. The van der Waals surface area contributed by atoms with Crippen molar-refractivity contribution in [3.63, 3.8) is 0 Å². The Hall–Kier alpha value is -0.580. The number of ether oxygens (including phenoxy) is 2. The van der Waals surface area contributed by atoms with Gasteiger partial charge in [-0.05, 0) is 40.5 Å². The van der Waals surface area contributed by atoms with Crippen LogP contribution in [0, 0.1) is 0 Å². The van der Waals surface area contributed by atoms with E-state index in [1.807, 2.05) is 13.0 Å². The molecule has 1 N–H and O–H groups in total. The smallest absolute Gasteiger partial charge is 0.189 e. The minimum absolute atomic E-state index is 0.290. The van der Waals surface area contributed by atoms with Crippen molar-refractivity contribution in [2.24, 2.45) is 0 Å². The summed E-state index contributed by atoms with van der Waals surface area (Å²) >= 11 is 3.50. The van der Waals surface area contributed by atoms with Crippen molar-refractivity contribution in [2.75, 3.05) is 13.4 Å². The highest BCUT2D eigenvalue weighted by Crippen LogP contribution is 2.26. The van der Waals surface area contributed by atoms with Crippen LogP contribution in [0.25, 0.3) is 0 Å². The van der Waals surface area contributed by atoms with Gasteiger partial charge in [-0.15, -0.1) is 0 Å². The van der Waals surface area contributed by atoms with E-state index in [4.69, 9.17) is 9.47 Å².